The number of carbonyl (C=O) groups excluding carboxylic acids is 2. The fraction of sp³-hybridized carbons (Fsp3) is 0.385. The summed E-state index contributed by atoms with van der Waals surface area (Å²) in [6, 6.07) is 14.2. The molecule has 2 heterocycles. The number of nitrogens with two attached hydrogens (primary N) is 1. The maximum absolute atomic E-state index is 13.5. The molecule has 1 aromatic carbocycles. The van der Waals surface area contributed by atoms with Gasteiger partial charge in [-0.25, -0.2) is 9.78 Å². The summed E-state index contributed by atoms with van der Waals surface area (Å²) >= 11 is 0. The number of rotatable bonds is 6. The summed E-state index contributed by atoms with van der Waals surface area (Å²) in [5, 5.41) is 1.21. The number of fused-ring (bicyclic) bond motifs is 1. The summed E-state index contributed by atoms with van der Waals surface area (Å²) in [7, 11) is 0. The Morgan fingerprint density at radius 2 is 1.62 bits per heavy atom. The van der Waals surface area contributed by atoms with E-state index < -0.39 is 6.09 Å². The molecular weight excluding hydrogens is 402 g/mol. The van der Waals surface area contributed by atoms with Crippen molar-refractivity contribution in [3.8, 4) is 0 Å². The van der Waals surface area contributed by atoms with Crippen molar-refractivity contribution in [1.29, 1.82) is 0 Å². The Labute approximate surface area is 187 Å². The molecule has 32 heavy (non-hydrogen) atoms. The van der Waals surface area contributed by atoms with Gasteiger partial charge in [0.1, 0.15) is 12.3 Å². The zero-order valence-corrected chi connectivity index (χ0v) is 18.0. The summed E-state index contributed by atoms with van der Waals surface area (Å²) in [4.78, 5) is 33.5. The maximum atomic E-state index is 13.5. The normalized spacial score (nSPS) is 20.8. The van der Waals surface area contributed by atoms with Crippen LogP contribution in [-0.4, -0.2) is 21.8 Å². The highest BCUT2D eigenvalue weighted by Gasteiger charge is 2.34. The van der Waals surface area contributed by atoms with Crippen molar-refractivity contribution in [2.24, 2.45) is 11.7 Å². The number of amides is 1. The van der Waals surface area contributed by atoms with Crippen molar-refractivity contribution in [3.05, 3.63) is 71.2 Å². The van der Waals surface area contributed by atoms with Crippen LogP contribution in [0.15, 0.2) is 48.7 Å². The molecule has 0 unspecified atom stereocenters. The third kappa shape index (κ3) is 4.22. The Kier molecular flexibility index (Phi) is 5.60. The van der Waals surface area contributed by atoms with Crippen LogP contribution >= 0.6 is 0 Å². The average molecular weight is 430 g/mol. The van der Waals surface area contributed by atoms with E-state index in [1.165, 1.54) is 10.9 Å². The van der Waals surface area contributed by atoms with Gasteiger partial charge in [-0.3, -0.25) is 9.78 Å². The first-order valence-electron chi connectivity index (χ1n) is 11.4. The van der Waals surface area contributed by atoms with Crippen LogP contribution in [0.25, 0.3) is 10.9 Å². The quantitative estimate of drug-likeness (QED) is 0.539. The second-order valence-electron chi connectivity index (χ2n) is 8.95. The average Bonchev–Trinajstić information content (AvgIpc) is 3.67. The molecule has 2 saturated carbocycles. The number of ether oxygens (including phenoxy) is 1. The van der Waals surface area contributed by atoms with Crippen molar-refractivity contribution < 1.29 is 14.3 Å². The molecule has 0 aliphatic heterocycles. The minimum atomic E-state index is -0.840. The summed E-state index contributed by atoms with van der Waals surface area (Å²) in [6.07, 6.45) is 6.92. The van der Waals surface area contributed by atoms with E-state index in [-0.39, 0.29) is 18.3 Å². The number of carbonyl (C=O) groups is 2. The molecular formula is C26H27N3O3. The minimum Gasteiger partial charge on any atom is -0.443 e. The van der Waals surface area contributed by atoms with Crippen LogP contribution in [0, 0.1) is 5.92 Å². The maximum Gasteiger partial charge on any atom is 0.404 e. The van der Waals surface area contributed by atoms with Gasteiger partial charge in [0.15, 0.2) is 5.78 Å². The van der Waals surface area contributed by atoms with E-state index in [1.54, 1.807) is 0 Å². The Balaban J connectivity index is 1.33. The predicted octanol–water partition coefficient (Wildman–Crippen LogP) is 5.26. The van der Waals surface area contributed by atoms with Gasteiger partial charge < -0.3 is 10.5 Å². The molecule has 3 aromatic rings. The molecule has 0 atom stereocenters. The highest BCUT2D eigenvalue weighted by molar-refractivity contribution is 5.97. The molecule has 2 N–H and O–H groups in total. The number of pyridine rings is 2. The van der Waals surface area contributed by atoms with E-state index in [4.69, 9.17) is 10.5 Å². The first-order valence-corrected chi connectivity index (χ1v) is 11.4. The first-order chi connectivity index (χ1) is 15.6. The van der Waals surface area contributed by atoms with E-state index >= 15 is 0 Å². The zero-order valence-electron chi connectivity index (χ0n) is 18.0. The Bertz CT molecular complexity index is 1160. The van der Waals surface area contributed by atoms with Crippen LogP contribution in [0.5, 0.6) is 0 Å². The lowest BCUT2D eigenvalue weighted by molar-refractivity contribution is 0.0877. The molecule has 0 saturated heterocycles. The van der Waals surface area contributed by atoms with Gasteiger partial charge in [0.05, 0.1) is 11.2 Å². The Hall–Kier alpha value is -3.28. The van der Waals surface area contributed by atoms with Crippen molar-refractivity contribution in [3.63, 3.8) is 0 Å². The highest BCUT2D eigenvalue weighted by Crippen LogP contribution is 2.43. The van der Waals surface area contributed by atoms with E-state index in [0.717, 1.165) is 49.6 Å². The fourth-order valence-electron chi connectivity index (χ4n) is 4.99. The lowest BCUT2D eigenvalue weighted by Gasteiger charge is -2.29. The largest absolute Gasteiger partial charge is 0.443 e. The Morgan fingerprint density at radius 1 is 0.906 bits per heavy atom. The molecule has 2 aromatic heterocycles. The van der Waals surface area contributed by atoms with Gasteiger partial charge in [-0.05, 0) is 79.7 Å². The zero-order chi connectivity index (χ0) is 22.1. The van der Waals surface area contributed by atoms with E-state index in [2.05, 4.69) is 28.2 Å². The molecule has 2 fully saturated rings. The number of nitrogens with zero attached hydrogens (tertiary/aromatic N) is 2. The van der Waals surface area contributed by atoms with Crippen molar-refractivity contribution in [2.75, 3.05) is 0 Å². The highest BCUT2D eigenvalue weighted by atomic mass is 16.5. The molecule has 2 aliphatic carbocycles. The number of benzene rings is 1. The second-order valence-corrected chi connectivity index (χ2v) is 8.95. The molecule has 1 amide bonds. The SMILES string of the molecule is NC(=O)OCc1ccc(C2CC2)c(C(=O)C2CCC(c3ccnc4ccccc34)CC2)n1. The van der Waals surface area contributed by atoms with Crippen LogP contribution in [0.1, 0.15) is 77.7 Å². The summed E-state index contributed by atoms with van der Waals surface area (Å²) in [5.41, 5.74) is 9.61. The molecule has 0 spiro atoms. The number of ketones is 1. The van der Waals surface area contributed by atoms with Crippen LogP contribution in [0.3, 0.4) is 0 Å². The van der Waals surface area contributed by atoms with Gasteiger partial charge in [-0.15, -0.1) is 0 Å². The smallest absolute Gasteiger partial charge is 0.404 e. The lowest BCUT2D eigenvalue weighted by Crippen LogP contribution is -2.24. The fourth-order valence-corrected chi connectivity index (χ4v) is 4.99. The molecule has 5 rings (SSSR count). The Morgan fingerprint density at radius 3 is 2.38 bits per heavy atom. The van der Waals surface area contributed by atoms with Gasteiger partial charge in [0.25, 0.3) is 0 Å². The topological polar surface area (TPSA) is 95.2 Å². The molecule has 6 nitrogen and oxygen atoms in total. The van der Waals surface area contributed by atoms with E-state index in [9.17, 15) is 9.59 Å². The van der Waals surface area contributed by atoms with Crippen LogP contribution in [-0.2, 0) is 11.3 Å². The standard InChI is InChI=1S/C26H27N3O3/c27-26(31)32-15-19-11-12-21(17-5-6-17)24(29-19)25(30)18-9-7-16(8-10-18)20-13-14-28-23-4-2-1-3-22(20)23/h1-4,11-14,16-18H,5-10,15H2,(H2,27,31). The van der Waals surface area contributed by atoms with Crippen molar-refractivity contribution in [1.82, 2.24) is 9.97 Å². The molecule has 2 aliphatic rings. The van der Waals surface area contributed by atoms with Crippen molar-refractivity contribution in [2.45, 2.75) is 57.0 Å². The number of primary amides is 1. The summed E-state index contributed by atoms with van der Waals surface area (Å²) in [6.45, 7) is -0.0115. The summed E-state index contributed by atoms with van der Waals surface area (Å²) < 4.78 is 4.88. The number of hydrogen-bond acceptors (Lipinski definition) is 5. The first kappa shape index (κ1) is 20.6. The van der Waals surface area contributed by atoms with E-state index in [0.29, 0.717) is 23.2 Å². The number of aromatic nitrogens is 2. The van der Waals surface area contributed by atoms with Gasteiger partial charge >= 0.3 is 6.09 Å². The molecule has 0 radical (unpaired) electrons. The molecule has 0 bridgehead atoms. The third-order valence-corrected chi connectivity index (χ3v) is 6.82. The monoisotopic (exact) mass is 429 g/mol. The van der Waals surface area contributed by atoms with Gasteiger partial charge in [-0.1, -0.05) is 24.3 Å². The number of para-hydroxylation sites is 1. The van der Waals surface area contributed by atoms with Gasteiger partial charge in [-0.2, -0.15) is 0 Å². The van der Waals surface area contributed by atoms with Crippen LogP contribution < -0.4 is 5.73 Å². The predicted molar refractivity (Wildman–Crippen MR) is 121 cm³/mol. The van der Waals surface area contributed by atoms with Gasteiger partial charge in [0.2, 0.25) is 0 Å². The molecule has 164 valence electrons. The lowest BCUT2D eigenvalue weighted by atomic mass is 9.75. The van der Waals surface area contributed by atoms with Crippen LogP contribution in [0.4, 0.5) is 4.79 Å². The van der Waals surface area contributed by atoms with Crippen LogP contribution in [0.2, 0.25) is 0 Å². The number of Topliss-reactive ketones (excluding diaryl/α,β-unsaturated/α-hetero) is 1. The summed E-state index contributed by atoms with van der Waals surface area (Å²) in [5.74, 6) is 0.979. The van der Waals surface area contributed by atoms with Gasteiger partial charge in [0, 0.05) is 17.5 Å². The minimum absolute atomic E-state index is 0.0115. The third-order valence-electron chi connectivity index (χ3n) is 6.82. The second kappa shape index (κ2) is 8.69. The molecule has 6 heteroatoms. The number of hydrogen-bond donors (Lipinski definition) is 1. The van der Waals surface area contributed by atoms with Crippen molar-refractivity contribution >= 4 is 22.8 Å². The van der Waals surface area contributed by atoms with E-state index in [1.807, 2.05) is 30.5 Å².